The van der Waals surface area contributed by atoms with Gasteiger partial charge in [0.15, 0.2) is 0 Å². The van der Waals surface area contributed by atoms with Crippen molar-refractivity contribution in [3.8, 4) is 0 Å². The molecule has 0 heterocycles. The van der Waals surface area contributed by atoms with Gasteiger partial charge in [-0.05, 0) is 45.4 Å². The zero-order chi connectivity index (χ0) is 15.2. The van der Waals surface area contributed by atoms with E-state index in [1.54, 1.807) is 12.1 Å². The minimum Gasteiger partial charge on any atom is -0.374 e. The molecule has 1 aromatic carbocycles. The molecule has 0 radical (unpaired) electrons. The van der Waals surface area contributed by atoms with E-state index in [2.05, 4.69) is 19.2 Å². The summed E-state index contributed by atoms with van der Waals surface area (Å²) in [6, 6.07) is 4.83. The Morgan fingerprint density at radius 1 is 1.30 bits per heavy atom. The van der Waals surface area contributed by atoms with Gasteiger partial charge in [-0.25, -0.2) is 4.39 Å². The molecular weight excluding hydrogens is 277 g/mol. The summed E-state index contributed by atoms with van der Waals surface area (Å²) in [5.41, 5.74) is 0.259. The quantitative estimate of drug-likeness (QED) is 0.777. The Morgan fingerprint density at radius 3 is 2.40 bits per heavy atom. The highest BCUT2D eigenvalue weighted by Gasteiger charge is 2.36. The highest BCUT2D eigenvalue weighted by Crippen LogP contribution is 2.30. The van der Waals surface area contributed by atoms with Crippen molar-refractivity contribution in [2.75, 3.05) is 13.7 Å². The van der Waals surface area contributed by atoms with E-state index in [0.717, 1.165) is 12.8 Å². The van der Waals surface area contributed by atoms with E-state index >= 15 is 0 Å². The molecule has 1 rings (SSSR count). The van der Waals surface area contributed by atoms with Crippen molar-refractivity contribution >= 4 is 11.6 Å². The molecule has 0 amide bonds. The van der Waals surface area contributed by atoms with Crippen molar-refractivity contribution in [1.82, 2.24) is 5.32 Å². The average Bonchev–Trinajstić information content (AvgIpc) is 2.45. The van der Waals surface area contributed by atoms with Crippen LogP contribution in [0.5, 0.6) is 0 Å². The SMILES string of the molecule is CCOC(CC)(CC)C(Cc1c(F)cccc1Cl)NC. The van der Waals surface area contributed by atoms with Crippen LogP contribution in [0.15, 0.2) is 18.2 Å². The van der Waals surface area contributed by atoms with Gasteiger partial charge in [0, 0.05) is 23.2 Å². The summed E-state index contributed by atoms with van der Waals surface area (Å²) >= 11 is 6.14. The predicted molar refractivity (Wildman–Crippen MR) is 82.9 cm³/mol. The summed E-state index contributed by atoms with van der Waals surface area (Å²) in [6.07, 6.45) is 2.26. The molecule has 114 valence electrons. The maximum absolute atomic E-state index is 14.0. The van der Waals surface area contributed by atoms with Gasteiger partial charge in [-0.3, -0.25) is 0 Å². The van der Waals surface area contributed by atoms with Crippen LogP contribution >= 0.6 is 11.6 Å². The number of hydrogen-bond acceptors (Lipinski definition) is 2. The molecule has 0 aromatic heterocycles. The molecule has 1 unspecified atom stereocenters. The molecule has 0 spiro atoms. The minimum absolute atomic E-state index is 0.0202. The number of hydrogen-bond donors (Lipinski definition) is 1. The first-order valence-electron chi connectivity index (χ1n) is 7.28. The van der Waals surface area contributed by atoms with Gasteiger partial charge in [-0.2, -0.15) is 0 Å². The van der Waals surface area contributed by atoms with E-state index in [4.69, 9.17) is 16.3 Å². The van der Waals surface area contributed by atoms with Crippen molar-refractivity contribution in [3.05, 3.63) is 34.6 Å². The van der Waals surface area contributed by atoms with Crippen LogP contribution in [0.4, 0.5) is 4.39 Å². The molecule has 1 N–H and O–H groups in total. The summed E-state index contributed by atoms with van der Waals surface area (Å²) in [6.45, 7) is 6.84. The van der Waals surface area contributed by atoms with Gasteiger partial charge < -0.3 is 10.1 Å². The molecule has 1 aromatic rings. The third kappa shape index (κ3) is 3.72. The summed E-state index contributed by atoms with van der Waals surface area (Å²) in [7, 11) is 1.89. The van der Waals surface area contributed by atoms with Gasteiger partial charge in [-0.1, -0.05) is 31.5 Å². The first-order chi connectivity index (χ1) is 9.54. The lowest BCUT2D eigenvalue weighted by Crippen LogP contribution is -2.52. The summed E-state index contributed by atoms with van der Waals surface area (Å²) in [5.74, 6) is -0.254. The number of rotatable bonds is 8. The second kappa shape index (κ2) is 7.96. The highest BCUT2D eigenvalue weighted by atomic mass is 35.5. The Hall–Kier alpha value is -0.640. The topological polar surface area (TPSA) is 21.3 Å². The van der Waals surface area contributed by atoms with Crippen molar-refractivity contribution in [2.24, 2.45) is 0 Å². The summed E-state index contributed by atoms with van der Waals surface area (Å²) < 4.78 is 20.0. The monoisotopic (exact) mass is 301 g/mol. The standard InChI is InChI=1S/C16H25ClFNO/c1-5-16(6-2,20-7-3)15(19-4)11-12-13(17)9-8-10-14(12)18/h8-10,15,19H,5-7,11H2,1-4H3. The number of ether oxygens (including phenoxy) is 1. The Bertz CT molecular complexity index is 401. The minimum atomic E-state index is -0.297. The lowest BCUT2D eigenvalue weighted by molar-refractivity contribution is -0.0704. The van der Waals surface area contributed by atoms with Gasteiger partial charge in [-0.15, -0.1) is 0 Å². The molecule has 0 aliphatic carbocycles. The zero-order valence-corrected chi connectivity index (χ0v) is 13.6. The van der Waals surface area contributed by atoms with Gasteiger partial charge in [0.1, 0.15) is 5.82 Å². The van der Waals surface area contributed by atoms with Crippen LogP contribution in [0, 0.1) is 5.82 Å². The van der Waals surface area contributed by atoms with E-state index in [1.807, 2.05) is 14.0 Å². The summed E-state index contributed by atoms with van der Waals surface area (Å²) in [4.78, 5) is 0. The van der Waals surface area contributed by atoms with Gasteiger partial charge >= 0.3 is 0 Å². The van der Waals surface area contributed by atoms with E-state index < -0.39 is 0 Å². The summed E-state index contributed by atoms with van der Waals surface area (Å²) in [5, 5.41) is 3.76. The molecule has 0 fully saturated rings. The Balaban J connectivity index is 3.06. The van der Waals surface area contributed by atoms with E-state index in [-0.39, 0.29) is 17.5 Å². The van der Waals surface area contributed by atoms with Crippen molar-refractivity contribution in [3.63, 3.8) is 0 Å². The molecule has 1 atom stereocenters. The average molecular weight is 302 g/mol. The fourth-order valence-electron chi connectivity index (χ4n) is 2.82. The third-order valence-electron chi connectivity index (χ3n) is 4.08. The number of benzene rings is 1. The van der Waals surface area contributed by atoms with Gasteiger partial charge in [0.2, 0.25) is 0 Å². The molecule has 0 saturated carbocycles. The van der Waals surface area contributed by atoms with Gasteiger partial charge in [0.25, 0.3) is 0 Å². The molecule has 20 heavy (non-hydrogen) atoms. The second-order valence-corrected chi connectivity index (χ2v) is 5.36. The second-order valence-electron chi connectivity index (χ2n) is 4.95. The Kier molecular flexibility index (Phi) is 6.93. The fourth-order valence-corrected chi connectivity index (χ4v) is 3.06. The molecule has 0 aliphatic heterocycles. The van der Waals surface area contributed by atoms with Crippen LogP contribution in [0.3, 0.4) is 0 Å². The van der Waals surface area contributed by atoms with E-state index in [9.17, 15) is 4.39 Å². The molecule has 0 aliphatic rings. The molecule has 2 nitrogen and oxygen atoms in total. The Morgan fingerprint density at radius 2 is 1.95 bits per heavy atom. The van der Waals surface area contributed by atoms with Crippen molar-refractivity contribution < 1.29 is 9.13 Å². The van der Waals surface area contributed by atoms with Crippen LogP contribution in [-0.4, -0.2) is 25.3 Å². The predicted octanol–water partition coefficient (Wildman–Crippen LogP) is 4.20. The number of likely N-dealkylation sites (N-methyl/N-ethyl adjacent to an activating group) is 1. The lowest BCUT2D eigenvalue weighted by atomic mass is 9.84. The van der Waals surface area contributed by atoms with Crippen LogP contribution in [0.2, 0.25) is 5.02 Å². The smallest absolute Gasteiger partial charge is 0.127 e. The number of halogens is 2. The maximum Gasteiger partial charge on any atom is 0.127 e. The maximum atomic E-state index is 14.0. The largest absolute Gasteiger partial charge is 0.374 e. The molecule has 0 saturated heterocycles. The van der Waals surface area contributed by atoms with E-state index in [0.29, 0.717) is 23.6 Å². The third-order valence-corrected chi connectivity index (χ3v) is 4.44. The molecular formula is C16H25ClFNO. The van der Waals surface area contributed by atoms with Gasteiger partial charge in [0.05, 0.1) is 5.60 Å². The van der Waals surface area contributed by atoms with Crippen LogP contribution in [0.1, 0.15) is 39.2 Å². The Labute approximate surface area is 126 Å². The van der Waals surface area contributed by atoms with Crippen molar-refractivity contribution in [2.45, 2.75) is 51.7 Å². The zero-order valence-electron chi connectivity index (χ0n) is 12.8. The molecule has 0 bridgehead atoms. The fraction of sp³-hybridized carbons (Fsp3) is 0.625. The van der Waals surface area contributed by atoms with Crippen LogP contribution in [-0.2, 0) is 11.2 Å². The van der Waals surface area contributed by atoms with Crippen LogP contribution < -0.4 is 5.32 Å². The highest BCUT2D eigenvalue weighted by molar-refractivity contribution is 6.31. The van der Waals surface area contributed by atoms with Crippen molar-refractivity contribution in [1.29, 1.82) is 0 Å². The van der Waals surface area contributed by atoms with E-state index in [1.165, 1.54) is 6.07 Å². The number of nitrogens with one attached hydrogen (secondary N) is 1. The molecule has 4 heteroatoms. The normalized spacial score (nSPS) is 13.5. The first kappa shape index (κ1) is 17.4. The van der Waals surface area contributed by atoms with Crippen LogP contribution in [0.25, 0.3) is 0 Å². The first-order valence-corrected chi connectivity index (χ1v) is 7.66. The lowest BCUT2D eigenvalue weighted by Gasteiger charge is -2.39.